The molecule has 0 radical (unpaired) electrons. The van der Waals surface area contributed by atoms with Gasteiger partial charge in [0.25, 0.3) is 0 Å². The van der Waals surface area contributed by atoms with E-state index in [1.54, 1.807) is 12.1 Å². The second kappa shape index (κ2) is 7.29. The third kappa shape index (κ3) is 4.56. The Balaban J connectivity index is 2.48. The maximum atomic E-state index is 11.4. The Morgan fingerprint density at radius 3 is 2.76 bits per heavy atom. The van der Waals surface area contributed by atoms with Gasteiger partial charge in [-0.25, -0.2) is 4.79 Å². The molecule has 90 valence electrons. The smallest absolute Gasteiger partial charge is 0.408 e. The molecule has 0 saturated carbocycles. The van der Waals surface area contributed by atoms with Crippen molar-refractivity contribution in [2.45, 2.75) is 25.8 Å². The molecule has 1 aromatic rings. The molecule has 1 atom stereocenters. The summed E-state index contributed by atoms with van der Waals surface area (Å²) in [5.74, 6) is 0. The number of unbranched alkanes of at least 4 members (excludes halogenated alkanes) is 1. The van der Waals surface area contributed by atoms with Crippen LogP contribution in [-0.4, -0.2) is 12.7 Å². The molecule has 0 aliphatic rings. The molecule has 0 saturated heterocycles. The van der Waals surface area contributed by atoms with Crippen molar-refractivity contribution in [1.29, 1.82) is 5.26 Å². The molecule has 1 aromatic carbocycles. The summed E-state index contributed by atoms with van der Waals surface area (Å²) in [6.45, 7) is 2.40. The maximum Gasteiger partial charge on any atom is 0.408 e. The van der Waals surface area contributed by atoms with E-state index in [0.29, 0.717) is 6.61 Å². The van der Waals surface area contributed by atoms with E-state index in [-0.39, 0.29) is 0 Å². The van der Waals surface area contributed by atoms with Crippen LogP contribution in [0.15, 0.2) is 30.3 Å². The van der Waals surface area contributed by atoms with E-state index in [2.05, 4.69) is 5.32 Å². The fourth-order valence-electron chi connectivity index (χ4n) is 1.30. The average Bonchev–Trinajstić information content (AvgIpc) is 2.37. The molecule has 0 bridgehead atoms. The van der Waals surface area contributed by atoms with Gasteiger partial charge in [0.2, 0.25) is 0 Å². The van der Waals surface area contributed by atoms with Crippen LogP contribution < -0.4 is 5.32 Å². The summed E-state index contributed by atoms with van der Waals surface area (Å²) in [6, 6.07) is 10.5. The molecule has 17 heavy (non-hydrogen) atoms. The van der Waals surface area contributed by atoms with Crippen molar-refractivity contribution < 1.29 is 9.53 Å². The highest BCUT2D eigenvalue weighted by atomic mass is 16.5. The summed E-state index contributed by atoms with van der Waals surface area (Å²) in [4.78, 5) is 11.4. The van der Waals surface area contributed by atoms with Crippen LogP contribution in [0, 0.1) is 11.3 Å². The average molecular weight is 232 g/mol. The molecule has 4 nitrogen and oxygen atoms in total. The number of carbonyl (C=O) groups excluding carboxylic acids is 1. The van der Waals surface area contributed by atoms with Crippen LogP contribution in [0.3, 0.4) is 0 Å². The molecule has 1 rings (SSSR count). The van der Waals surface area contributed by atoms with Crippen LogP contribution in [0.4, 0.5) is 4.79 Å². The second-order valence-corrected chi connectivity index (χ2v) is 3.61. The number of carbonyl (C=O) groups is 1. The Labute approximate surface area is 101 Å². The summed E-state index contributed by atoms with van der Waals surface area (Å²) in [6.07, 6.45) is 1.25. The highest BCUT2D eigenvalue weighted by molar-refractivity contribution is 5.68. The number of ether oxygens (including phenoxy) is 1. The van der Waals surface area contributed by atoms with E-state index >= 15 is 0 Å². The van der Waals surface area contributed by atoms with Gasteiger partial charge in [0.1, 0.15) is 6.04 Å². The minimum absolute atomic E-state index is 0.384. The number of nitrogens with one attached hydrogen (secondary N) is 1. The van der Waals surface area contributed by atoms with Gasteiger partial charge >= 0.3 is 6.09 Å². The van der Waals surface area contributed by atoms with E-state index in [0.717, 1.165) is 18.4 Å². The minimum Gasteiger partial charge on any atom is -0.450 e. The molecule has 0 aliphatic carbocycles. The first-order valence-electron chi connectivity index (χ1n) is 5.65. The number of hydrogen-bond acceptors (Lipinski definition) is 3. The molecule has 1 N–H and O–H groups in total. The molecule has 4 heteroatoms. The van der Waals surface area contributed by atoms with Gasteiger partial charge in [0.15, 0.2) is 0 Å². The van der Waals surface area contributed by atoms with Crippen molar-refractivity contribution >= 4 is 6.09 Å². The summed E-state index contributed by atoms with van der Waals surface area (Å²) in [7, 11) is 0. The molecule has 1 amide bonds. The zero-order valence-electron chi connectivity index (χ0n) is 9.85. The van der Waals surface area contributed by atoms with E-state index in [1.807, 2.05) is 31.2 Å². The van der Waals surface area contributed by atoms with E-state index < -0.39 is 12.1 Å². The molecule has 0 heterocycles. The minimum atomic E-state index is -0.662. The van der Waals surface area contributed by atoms with Gasteiger partial charge in [-0.15, -0.1) is 0 Å². The van der Waals surface area contributed by atoms with Gasteiger partial charge in [-0.3, -0.25) is 0 Å². The standard InChI is InChI=1S/C13H16N2O2/c1-2-3-9-17-13(16)15-12(10-14)11-7-5-4-6-8-11/h4-8,12H,2-3,9H2,1H3,(H,15,16). The summed E-state index contributed by atoms with van der Waals surface area (Å²) < 4.78 is 4.94. The van der Waals surface area contributed by atoms with Crippen LogP contribution in [0.25, 0.3) is 0 Å². The summed E-state index contributed by atoms with van der Waals surface area (Å²) >= 11 is 0. The number of benzene rings is 1. The lowest BCUT2D eigenvalue weighted by Crippen LogP contribution is -2.28. The van der Waals surface area contributed by atoms with Gasteiger partial charge in [-0.2, -0.15) is 5.26 Å². The molecule has 0 aromatic heterocycles. The van der Waals surface area contributed by atoms with Gasteiger partial charge < -0.3 is 10.1 Å². The fourth-order valence-corrected chi connectivity index (χ4v) is 1.30. The first-order valence-corrected chi connectivity index (χ1v) is 5.65. The van der Waals surface area contributed by atoms with Gasteiger partial charge in [0.05, 0.1) is 12.7 Å². The van der Waals surface area contributed by atoms with Gasteiger partial charge in [-0.05, 0) is 12.0 Å². The fraction of sp³-hybridized carbons (Fsp3) is 0.385. The van der Waals surface area contributed by atoms with Crippen molar-refractivity contribution in [3.63, 3.8) is 0 Å². The van der Waals surface area contributed by atoms with Crippen molar-refractivity contribution in [3.8, 4) is 6.07 Å². The summed E-state index contributed by atoms with van der Waals surface area (Å²) in [5.41, 5.74) is 0.752. The molecular formula is C13H16N2O2. The molecule has 0 spiro atoms. The highest BCUT2D eigenvalue weighted by Gasteiger charge is 2.13. The van der Waals surface area contributed by atoms with Crippen LogP contribution in [-0.2, 0) is 4.74 Å². The predicted octanol–water partition coefficient (Wildman–Crippen LogP) is 2.78. The largest absolute Gasteiger partial charge is 0.450 e. The monoisotopic (exact) mass is 232 g/mol. The van der Waals surface area contributed by atoms with Crippen LogP contribution in [0.2, 0.25) is 0 Å². The van der Waals surface area contributed by atoms with Gasteiger partial charge in [0, 0.05) is 0 Å². The third-order valence-corrected chi connectivity index (χ3v) is 2.26. The van der Waals surface area contributed by atoms with E-state index in [9.17, 15) is 4.79 Å². The lowest BCUT2D eigenvalue weighted by molar-refractivity contribution is 0.142. The topological polar surface area (TPSA) is 62.1 Å². The highest BCUT2D eigenvalue weighted by Crippen LogP contribution is 2.11. The third-order valence-electron chi connectivity index (χ3n) is 2.26. The Morgan fingerprint density at radius 2 is 2.18 bits per heavy atom. The van der Waals surface area contributed by atoms with Crippen molar-refractivity contribution in [2.24, 2.45) is 0 Å². The zero-order chi connectivity index (χ0) is 12.5. The molecule has 0 aliphatic heterocycles. The van der Waals surface area contributed by atoms with Crippen molar-refractivity contribution in [2.75, 3.05) is 6.61 Å². The van der Waals surface area contributed by atoms with Crippen molar-refractivity contribution in [1.82, 2.24) is 5.32 Å². The Hall–Kier alpha value is -2.02. The molecular weight excluding hydrogens is 216 g/mol. The molecule has 1 unspecified atom stereocenters. The SMILES string of the molecule is CCCCOC(=O)NC(C#N)c1ccccc1. The zero-order valence-corrected chi connectivity index (χ0v) is 9.85. The van der Waals surface area contributed by atoms with Crippen LogP contribution in [0.1, 0.15) is 31.4 Å². The number of hydrogen-bond donors (Lipinski definition) is 1. The lowest BCUT2D eigenvalue weighted by atomic mass is 10.1. The van der Waals surface area contributed by atoms with Crippen LogP contribution >= 0.6 is 0 Å². The lowest BCUT2D eigenvalue weighted by Gasteiger charge is -2.11. The van der Waals surface area contributed by atoms with E-state index in [4.69, 9.17) is 10.00 Å². The molecule has 0 fully saturated rings. The number of amides is 1. The van der Waals surface area contributed by atoms with Gasteiger partial charge in [-0.1, -0.05) is 43.7 Å². The number of nitrogens with zero attached hydrogens (tertiary/aromatic N) is 1. The van der Waals surface area contributed by atoms with Crippen LogP contribution in [0.5, 0.6) is 0 Å². The first-order chi connectivity index (χ1) is 8.27. The summed E-state index contributed by atoms with van der Waals surface area (Å²) in [5, 5.41) is 11.5. The first kappa shape index (κ1) is 13.0. The predicted molar refractivity (Wildman–Crippen MR) is 64.2 cm³/mol. The van der Waals surface area contributed by atoms with E-state index in [1.165, 1.54) is 0 Å². The Morgan fingerprint density at radius 1 is 1.47 bits per heavy atom. The number of rotatable bonds is 5. The number of alkyl carbamates (subject to hydrolysis) is 1. The van der Waals surface area contributed by atoms with Crippen molar-refractivity contribution in [3.05, 3.63) is 35.9 Å². The maximum absolute atomic E-state index is 11.4. The quantitative estimate of drug-likeness (QED) is 0.794. The Kier molecular flexibility index (Phi) is 5.59. The normalized spacial score (nSPS) is 11.3. The Bertz CT molecular complexity index is 384. The number of nitriles is 1. The second-order valence-electron chi connectivity index (χ2n) is 3.61.